The number of hydrogen-bond acceptors (Lipinski definition) is 5. The fourth-order valence-electron chi connectivity index (χ4n) is 1.55. The van der Waals surface area contributed by atoms with Gasteiger partial charge in [-0.1, -0.05) is 22.9 Å². The van der Waals surface area contributed by atoms with E-state index >= 15 is 0 Å². The summed E-state index contributed by atoms with van der Waals surface area (Å²) in [6, 6.07) is 3.00. The van der Waals surface area contributed by atoms with Gasteiger partial charge in [-0.15, -0.1) is 0 Å². The van der Waals surface area contributed by atoms with E-state index < -0.39 is 26.4 Å². The Kier molecular flexibility index (Phi) is 3.45. The van der Waals surface area contributed by atoms with Gasteiger partial charge in [0.25, 0.3) is 5.69 Å². The van der Waals surface area contributed by atoms with E-state index in [0.29, 0.717) is 0 Å². The van der Waals surface area contributed by atoms with Crippen molar-refractivity contribution in [3.63, 3.8) is 0 Å². The highest BCUT2D eigenvalue weighted by molar-refractivity contribution is 7.13. The maximum absolute atomic E-state index is 13.4. The summed E-state index contributed by atoms with van der Waals surface area (Å²) in [5.74, 6) is -0.872. The highest BCUT2D eigenvalue weighted by Gasteiger charge is 2.26. The van der Waals surface area contributed by atoms with Crippen molar-refractivity contribution in [1.29, 1.82) is 0 Å². The first-order chi connectivity index (χ1) is 8.91. The van der Waals surface area contributed by atoms with Gasteiger partial charge in [-0.25, -0.2) is 4.39 Å². The number of nitro benzene ring substituents is 1. The molecule has 0 atom stereocenters. The van der Waals surface area contributed by atoms with E-state index in [-0.39, 0.29) is 16.1 Å². The highest BCUT2D eigenvalue weighted by atomic mass is 35.5. The Morgan fingerprint density at radius 3 is 2.42 bits per heavy atom. The first-order valence-electron chi connectivity index (χ1n) is 4.77. The monoisotopic (exact) mass is 302 g/mol. The van der Waals surface area contributed by atoms with Crippen LogP contribution in [0.5, 0.6) is 0 Å². The fraction of sp³-hybridized carbons (Fsp3) is 0. The summed E-state index contributed by atoms with van der Waals surface area (Å²) >= 11 is 6.29. The molecule has 0 saturated heterocycles. The molecule has 98 valence electrons. The van der Waals surface area contributed by atoms with Crippen LogP contribution in [0.15, 0.2) is 23.6 Å². The molecule has 2 rings (SSSR count). The van der Waals surface area contributed by atoms with Crippen molar-refractivity contribution in [1.82, 2.24) is 0 Å². The molecule has 0 aliphatic rings. The molecular formula is C10H4ClFN2O4S. The van der Waals surface area contributed by atoms with Crippen LogP contribution < -0.4 is 0 Å². The number of nitrogens with zero attached hydrogens (tertiary/aromatic N) is 2. The Morgan fingerprint density at radius 2 is 1.84 bits per heavy atom. The number of nitro groups is 2. The average Bonchev–Trinajstić information content (AvgIpc) is 2.80. The zero-order valence-corrected chi connectivity index (χ0v) is 10.6. The smallest absolute Gasteiger partial charge is 0.258 e. The van der Waals surface area contributed by atoms with Crippen LogP contribution in [-0.2, 0) is 0 Å². The topological polar surface area (TPSA) is 86.3 Å². The van der Waals surface area contributed by atoms with E-state index in [4.69, 9.17) is 11.6 Å². The zero-order chi connectivity index (χ0) is 14.2. The van der Waals surface area contributed by atoms with Gasteiger partial charge in [0.15, 0.2) is 0 Å². The second-order valence-corrected chi connectivity index (χ2v) is 4.74. The van der Waals surface area contributed by atoms with E-state index in [1.807, 2.05) is 0 Å². The van der Waals surface area contributed by atoms with Crippen molar-refractivity contribution in [2.75, 3.05) is 0 Å². The molecule has 0 N–H and O–H groups in total. The van der Waals surface area contributed by atoms with Crippen LogP contribution >= 0.6 is 22.9 Å². The van der Waals surface area contributed by atoms with Crippen LogP contribution in [0.1, 0.15) is 0 Å². The van der Waals surface area contributed by atoms with Crippen molar-refractivity contribution >= 4 is 33.6 Å². The Labute approximate surface area is 114 Å². The Bertz CT molecular complexity index is 688. The second kappa shape index (κ2) is 4.90. The zero-order valence-electron chi connectivity index (χ0n) is 9.00. The molecule has 1 aromatic carbocycles. The first kappa shape index (κ1) is 13.4. The number of thiophene rings is 1. The van der Waals surface area contributed by atoms with Crippen LogP contribution in [0.2, 0.25) is 5.02 Å². The molecule has 19 heavy (non-hydrogen) atoms. The molecule has 0 unspecified atom stereocenters. The minimum absolute atomic E-state index is 0.00253. The number of hydrogen-bond donors (Lipinski definition) is 0. The Hall–Kier alpha value is -2.06. The van der Waals surface area contributed by atoms with Crippen molar-refractivity contribution in [3.05, 3.63) is 54.6 Å². The third-order valence-electron chi connectivity index (χ3n) is 2.34. The lowest BCUT2D eigenvalue weighted by Crippen LogP contribution is -1.95. The minimum atomic E-state index is -0.872. The quantitative estimate of drug-likeness (QED) is 0.632. The first-order valence-corrected chi connectivity index (χ1v) is 6.03. The summed E-state index contributed by atoms with van der Waals surface area (Å²) in [5, 5.41) is 22.4. The van der Waals surface area contributed by atoms with Gasteiger partial charge in [-0.2, -0.15) is 0 Å². The predicted octanol–water partition coefficient (Wildman–Crippen LogP) is 4.02. The molecule has 0 aliphatic heterocycles. The second-order valence-electron chi connectivity index (χ2n) is 3.44. The summed E-state index contributed by atoms with van der Waals surface area (Å²) in [6.45, 7) is 0. The molecular weight excluding hydrogens is 299 g/mol. The molecule has 1 heterocycles. The van der Waals surface area contributed by atoms with Gasteiger partial charge in [-0.05, 0) is 17.5 Å². The van der Waals surface area contributed by atoms with Crippen LogP contribution in [-0.4, -0.2) is 9.85 Å². The Morgan fingerprint density at radius 1 is 1.16 bits per heavy atom. The SMILES string of the molecule is O=[N+]([O-])c1cc(Cl)c(F)cc1-c1ccsc1[N+](=O)[O-]. The molecule has 9 heteroatoms. The van der Waals surface area contributed by atoms with Gasteiger partial charge >= 0.3 is 5.00 Å². The maximum atomic E-state index is 13.4. The molecule has 1 aromatic heterocycles. The molecule has 0 fully saturated rings. The van der Waals surface area contributed by atoms with Crippen molar-refractivity contribution in [2.24, 2.45) is 0 Å². The van der Waals surface area contributed by atoms with Gasteiger partial charge in [0.1, 0.15) is 5.82 Å². The number of rotatable bonds is 3. The van der Waals surface area contributed by atoms with Crippen molar-refractivity contribution < 1.29 is 14.2 Å². The molecule has 0 spiro atoms. The molecule has 0 aliphatic carbocycles. The minimum Gasteiger partial charge on any atom is -0.258 e. The summed E-state index contributed by atoms with van der Waals surface area (Å²) in [5.41, 5.74) is -0.648. The Balaban J connectivity index is 2.74. The summed E-state index contributed by atoms with van der Waals surface area (Å²) < 4.78 is 13.4. The van der Waals surface area contributed by atoms with Gasteiger partial charge in [0.05, 0.1) is 26.0 Å². The molecule has 2 aromatic rings. The molecule has 0 bridgehead atoms. The van der Waals surface area contributed by atoms with Gasteiger partial charge < -0.3 is 0 Å². The normalized spacial score (nSPS) is 10.4. The third kappa shape index (κ3) is 2.40. The van der Waals surface area contributed by atoms with Crippen LogP contribution in [0.3, 0.4) is 0 Å². The fourth-order valence-corrected chi connectivity index (χ4v) is 2.43. The van der Waals surface area contributed by atoms with E-state index in [1.54, 1.807) is 0 Å². The summed E-state index contributed by atoms with van der Waals surface area (Å²) in [4.78, 5) is 20.3. The van der Waals surface area contributed by atoms with Gasteiger partial charge in [0.2, 0.25) is 0 Å². The molecule has 6 nitrogen and oxygen atoms in total. The van der Waals surface area contributed by atoms with Crippen LogP contribution in [0, 0.1) is 26.0 Å². The molecule has 0 amide bonds. The number of halogens is 2. The lowest BCUT2D eigenvalue weighted by molar-refractivity contribution is -0.385. The van der Waals surface area contributed by atoms with E-state index in [1.165, 1.54) is 11.4 Å². The standard InChI is InChI=1S/C10H4ClFN2O4S/c11-7-4-9(13(15)16)6(3-8(7)12)5-1-2-19-10(5)14(17)18/h1-4H. The predicted molar refractivity (Wildman–Crippen MR) is 68.0 cm³/mol. The lowest BCUT2D eigenvalue weighted by Gasteiger charge is -2.02. The largest absolute Gasteiger partial charge is 0.332 e. The number of benzene rings is 1. The summed E-state index contributed by atoms with van der Waals surface area (Å²) in [6.07, 6.45) is 0. The lowest BCUT2D eigenvalue weighted by atomic mass is 10.1. The van der Waals surface area contributed by atoms with Crippen LogP contribution in [0.25, 0.3) is 11.1 Å². The average molecular weight is 303 g/mol. The summed E-state index contributed by atoms with van der Waals surface area (Å²) in [7, 11) is 0. The van der Waals surface area contributed by atoms with Crippen molar-refractivity contribution in [2.45, 2.75) is 0 Å². The van der Waals surface area contributed by atoms with Crippen LogP contribution in [0.4, 0.5) is 15.1 Å². The van der Waals surface area contributed by atoms with E-state index in [2.05, 4.69) is 0 Å². The maximum Gasteiger partial charge on any atom is 0.332 e. The highest BCUT2D eigenvalue weighted by Crippen LogP contribution is 2.41. The van der Waals surface area contributed by atoms with E-state index in [9.17, 15) is 24.6 Å². The molecule has 0 saturated carbocycles. The third-order valence-corrected chi connectivity index (χ3v) is 3.49. The van der Waals surface area contributed by atoms with Gasteiger partial charge in [-0.3, -0.25) is 20.2 Å². The molecule has 0 radical (unpaired) electrons. The van der Waals surface area contributed by atoms with E-state index in [0.717, 1.165) is 23.5 Å². The van der Waals surface area contributed by atoms with Gasteiger partial charge in [0, 0.05) is 6.07 Å². The van der Waals surface area contributed by atoms with Crippen molar-refractivity contribution in [3.8, 4) is 11.1 Å².